The summed E-state index contributed by atoms with van der Waals surface area (Å²) in [6.07, 6.45) is 5.19. The molecule has 2 nitrogen and oxygen atoms in total. The van der Waals surface area contributed by atoms with Gasteiger partial charge in [0.2, 0.25) is 0 Å². The first-order valence-corrected chi connectivity index (χ1v) is 3.67. The van der Waals surface area contributed by atoms with Crippen LogP contribution in [0.5, 0.6) is 0 Å². The Labute approximate surface area is 61.7 Å². The van der Waals surface area contributed by atoms with Gasteiger partial charge < -0.3 is 10.3 Å². The molecule has 0 bridgehead atoms. The molecule has 1 heterocycles. The Bertz CT molecular complexity index is 167. The molecule has 2 heteroatoms. The molecule has 1 rings (SSSR count). The monoisotopic (exact) mass is 138 g/mol. The number of nitrogens with zero attached hydrogens (tertiary/aromatic N) is 1. The third-order valence-corrected chi connectivity index (χ3v) is 1.72. The van der Waals surface area contributed by atoms with Gasteiger partial charge in [0.15, 0.2) is 0 Å². The summed E-state index contributed by atoms with van der Waals surface area (Å²) in [6.45, 7) is 2.94. The number of nitrogens with two attached hydrogens (primary N) is 1. The molecule has 0 aliphatic heterocycles. The molecule has 0 spiro atoms. The Hall–Kier alpha value is -0.760. The lowest BCUT2D eigenvalue weighted by Crippen LogP contribution is -2.09. The molecular weight excluding hydrogens is 124 g/mol. The Morgan fingerprint density at radius 2 is 2.00 bits per heavy atom. The van der Waals surface area contributed by atoms with Crippen molar-refractivity contribution in [3.63, 3.8) is 0 Å². The molecule has 1 unspecified atom stereocenters. The van der Waals surface area contributed by atoms with Crippen LogP contribution >= 0.6 is 0 Å². The molecule has 0 fully saturated rings. The zero-order valence-corrected chi connectivity index (χ0v) is 6.33. The van der Waals surface area contributed by atoms with Gasteiger partial charge in [0, 0.05) is 18.4 Å². The van der Waals surface area contributed by atoms with E-state index in [9.17, 15) is 0 Å². The van der Waals surface area contributed by atoms with Crippen molar-refractivity contribution in [2.45, 2.75) is 19.4 Å². The van der Waals surface area contributed by atoms with Gasteiger partial charge in [-0.15, -0.1) is 0 Å². The van der Waals surface area contributed by atoms with Crippen molar-refractivity contribution in [2.24, 2.45) is 5.73 Å². The van der Waals surface area contributed by atoms with Gasteiger partial charge in [-0.25, -0.2) is 0 Å². The Kier molecular flexibility index (Phi) is 2.51. The molecule has 1 aromatic rings. The zero-order valence-electron chi connectivity index (χ0n) is 6.33. The molecule has 1 atom stereocenters. The van der Waals surface area contributed by atoms with Crippen LogP contribution in [-0.4, -0.2) is 11.1 Å². The van der Waals surface area contributed by atoms with E-state index in [0.717, 1.165) is 13.0 Å². The van der Waals surface area contributed by atoms with E-state index in [-0.39, 0.29) is 0 Å². The van der Waals surface area contributed by atoms with E-state index in [1.807, 2.05) is 12.1 Å². The second kappa shape index (κ2) is 3.42. The fourth-order valence-corrected chi connectivity index (χ4v) is 1.03. The van der Waals surface area contributed by atoms with E-state index in [2.05, 4.69) is 23.9 Å². The summed E-state index contributed by atoms with van der Waals surface area (Å²) in [5, 5.41) is 0. The summed E-state index contributed by atoms with van der Waals surface area (Å²) < 4.78 is 2.17. The van der Waals surface area contributed by atoms with Crippen LogP contribution < -0.4 is 5.73 Å². The van der Waals surface area contributed by atoms with Gasteiger partial charge in [-0.05, 0) is 32.0 Å². The minimum absolute atomic E-state index is 0.542. The molecule has 10 heavy (non-hydrogen) atoms. The van der Waals surface area contributed by atoms with Gasteiger partial charge in [0.1, 0.15) is 0 Å². The van der Waals surface area contributed by atoms with Crippen LogP contribution in [0.4, 0.5) is 0 Å². The predicted molar refractivity (Wildman–Crippen MR) is 42.8 cm³/mol. The maximum atomic E-state index is 5.42. The number of hydrogen-bond donors (Lipinski definition) is 1. The van der Waals surface area contributed by atoms with Crippen LogP contribution in [0.3, 0.4) is 0 Å². The Morgan fingerprint density at radius 1 is 1.40 bits per heavy atom. The SMILES string of the molecule is CC(CCN)n1cccc1. The normalized spacial score (nSPS) is 13.4. The minimum Gasteiger partial charge on any atom is -0.351 e. The zero-order chi connectivity index (χ0) is 7.40. The van der Waals surface area contributed by atoms with Gasteiger partial charge in [-0.3, -0.25) is 0 Å². The van der Waals surface area contributed by atoms with Crippen molar-refractivity contribution in [2.75, 3.05) is 6.54 Å². The summed E-state index contributed by atoms with van der Waals surface area (Å²) in [4.78, 5) is 0. The van der Waals surface area contributed by atoms with Crippen molar-refractivity contribution >= 4 is 0 Å². The van der Waals surface area contributed by atoms with Crippen molar-refractivity contribution in [3.8, 4) is 0 Å². The number of rotatable bonds is 3. The van der Waals surface area contributed by atoms with Gasteiger partial charge in [-0.2, -0.15) is 0 Å². The van der Waals surface area contributed by atoms with Crippen molar-refractivity contribution in [3.05, 3.63) is 24.5 Å². The quantitative estimate of drug-likeness (QED) is 0.672. The van der Waals surface area contributed by atoms with Crippen LogP contribution in [-0.2, 0) is 0 Å². The van der Waals surface area contributed by atoms with Crippen LogP contribution in [0.15, 0.2) is 24.5 Å². The van der Waals surface area contributed by atoms with Crippen molar-refractivity contribution in [1.82, 2.24) is 4.57 Å². The predicted octanol–water partition coefficient (Wildman–Crippen LogP) is 1.40. The van der Waals surface area contributed by atoms with Crippen molar-refractivity contribution in [1.29, 1.82) is 0 Å². The van der Waals surface area contributed by atoms with Gasteiger partial charge in [-0.1, -0.05) is 0 Å². The van der Waals surface area contributed by atoms with E-state index in [0.29, 0.717) is 6.04 Å². The minimum atomic E-state index is 0.542. The summed E-state index contributed by atoms with van der Waals surface area (Å²) in [5.41, 5.74) is 5.42. The first-order chi connectivity index (χ1) is 4.84. The summed E-state index contributed by atoms with van der Waals surface area (Å²) in [6, 6.07) is 4.61. The third-order valence-electron chi connectivity index (χ3n) is 1.72. The van der Waals surface area contributed by atoms with E-state index < -0.39 is 0 Å². The van der Waals surface area contributed by atoms with Crippen LogP contribution in [0, 0.1) is 0 Å². The molecule has 0 radical (unpaired) electrons. The number of hydrogen-bond acceptors (Lipinski definition) is 1. The van der Waals surface area contributed by atoms with Gasteiger partial charge in [0.25, 0.3) is 0 Å². The summed E-state index contributed by atoms with van der Waals surface area (Å²) in [5.74, 6) is 0. The van der Waals surface area contributed by atoms with Gasteiger partial charge >= 0.3 is 0 Å². The Morgan fingerprint density at radius 3 is 2.50 bits per heavy atom. The molecule has 0 aliphatic carbocycles. The molecule has 1 aromatic heterocycles. The largest absolute Gasteiger partial charge is 0.351 e. The standard InChI is InChI=1S/C8H14N2/c1-8(4-5-9)10-6-2-3-7-10/h2-3,6-8H,4-5,9H2,1H3. The fraction of sp³-hybridized carbons (Fsp3) is 0.500. The molecule has 0 saturated heterocycles. The second-order valence-electron chi connectivity index (χ2n) is 2.56. The topological polar surface area (TPSA) is 30.9 Å². The lowest BCUT2D eigenvalue weighted by Gasteiger charge is -2.11. The molecule has 56 valence electrons. The smallest absolute Gasteiger partial charge is 0.0314 e. The number of aromatic nitrogens is 1. The first kappa shape index (κ1) is 7.35. The average Bonchev–Trinajstić information content (AvgIpc) is 2.38. The van der Waals surface area contributed by atoms with E-state index in [4.69, 9.17) is 5.73 Å². The Balaban J connectivity index is 2.50. The van der Waals surface area contributed by atoms with Crippen LogP contribution in [0.1, 0.15) is 19.4 Å². The molecule has 0 saturated carbocycles. The molecule has 0 amide bonds. The summed E-state index contributed by atoms with van der Waals surface area (Å²) in [7, 11) is 0. The highest BCUT2D eigenvalue weighted by Gasteiger charge is 1.98. The highest BCUT2D eigenvalue weighted by atomic mass is 15.0. The van der Waals surface area contributed by atoms with E-state index in [1.54, 1.807) is 0 Å². The maximum Gasteiger partial charge on any atom is 0.0314 e. The lowest BCUT2D eigenvalue weighted by atomic mass is 10.2. The highest BCUT2D eigenvalue weighted by molar-refractivity contribution is 4.92. The third kappa shape index (κ3) is 1.61. The summed E-state index contributed by atoms with van der Waals surface area (Å²) >= 11 is 0. The molecule has 0 aliphatic rings. The second-order valence-corrected chi connectivity index (χ2v) is 2.56. The molecule has 0 aromatic carbocycles. The van der Waals surface area contributed by atoms with E-state index >= 15 is 0 Å². The fourth-order valence-electron chi connectivity index (χ4n) is 1.03. The van der Waals surface area contributed by atoms with E-state index in [1.165, 1.54) is 0 Å². The van der Waals surface area contributed by atoms with Gasteiger partial charge in [0.05, 0.1) is 0 Å². The van der Waals surface area contributed by atoms with Crippen LogP contribution in [0.2, 0.25) is 0 Å². The highest BCUT2D eigenvalue weighted by Crippen LogP contribution is 2.08. The van der Waals surface area contributed by atoms with Crippen molar-refractivity contribution < 1.29 is 0 Å². The average molecular weight is 138 g/mol. The molecular formula is C8H14N2. The van der Waals surface area contributed by atoms with Crippen LogP contribution in [0.25, 0.3) is 0 Å². The lowest BCUT2D eigenvalue weighted by molar-refractivity contribution is 0.516. The molecule has 2 N–H and O–H groups in total. The maximum absolute atomic E-state index is 5.42. The first-order valence-electron chi connectivity index (χ1n) is 3.67.